The quantitative estimate of drug-likeness (QED) is 0.337. The highest BCUT2D eigenvalue weighted by molar-refractivity contribution is 8.16. The topological polar surface area (TPSA) is 98.5 Å². The van der Waals surface area contributed by atoms with Gasteiger partial charge in [0.05, 0.1) is 20.6 Å². The molecule has 0 spiro atoms. The third-order valence-corrected chi connectivity index (χ3v) is 7.39. The number of alkyl halides is 3. The number of nitro benzene ring substituents is 1. The number of ether oxygens (including phenoxy) is 1. The van der Waals surface area contributed by atoms with Crippen molar-refractivity contribution >= 4 is 46.8 Å². The summed E-state index contributed by atoms with van der Waals surface area (Å²) in [6.45, 7) is -0.757. The first kappa shape index (κ1) is 23.9. The zero-order valence-electron chi connectivity index (χ0n) is 16.4. The van der Waals surface area contributed by atoms with Gasteiger partial charge in [-0.25, -0.2) is 4.79 Å². The Kier molecular flexibility index (Phi) is 7.67. The smallest absolute Gasteiger partial charge is 0.416 e. The van der Waals surface area contributed by atoms with E-state index in [1.807, 2.05) is 35.7 Å². The van der Waals surface area contributed by atoms with Gasteiger partial charge in [-0.05, 0) is 47.8 Å². The Hall–Kier alpha value is -2.73. The molecule has 0 bridgehead atoms. The molecule has 0 aliphatic carbocycles. The molecule has 1 N–H and O–H groups in total. The van der Waals surface area contributed by atoms with Crippen LogP contribution in [0.25, 0.3) is 0 Å². The minimum Gasteiger partial charge on any atom is -0.452 e. The second-order valence-electron chi connectivity index (χ2n) is 6.66. The number of amides is 1. The van der Waals surface area contributed by atoms with Gasteiger partial charge in [0.2, 0.25) is 0 Å². The first-order valence-electron chi connectivity index (χ1n) is 9.31. The molecule has 170 valence electrons. The lowest BCUT2D eigenvalue weighted by Gasteiger charge is -2.21. The maximum Gasteiger partial charge on any atom is 0.416 e. The van der Waals surface area contributed by atoms with Crippen molar-refractivity contribution in [2.45, 2.75) is 17.2 Å². The molecule has 3 rings (SSSR count). The van der Waals surface area contributed by atoms with Crippen molar-refractivity contribution in [2.75, 3.05) is 23.4 Å². The Labute approximate surface area is 189 Å². The van der Waals surface area contributed by atoms with Crippen LogP contribution in [0.2, 0.25) is 0 Å². The molecule has 32 heavy (non-hydrogen) atoms. The van der Waals surface area contributed by atoms with Crippen LogP contribution in [0.4, 0.5) is 24.5 Å². The van der Waals surface area contributed by atoms with E-state index in [1.54, 1.807) is 12.1 Å². The Morgan fingerprint density at radius 3 is 2.38 bits per heavy atom. The van der Waals surface area contributed by atoms with Crippen LogP contribution in [-0.4, -0.2) is 34.9 Å². The van der Waals surface area contributed by atoms with Gasteiger partial charge in [-0.2, -0.15) is 13.2 Å². The van der Waals surface area contributed by atoms with E-state index in [0.717, 1.165) is 29.6 Å². The Morgan fingerprint density at radius 2 is 1.78 bits per heavy atom. The van der Waals surface area contributed by atoms with Crippen LogP contribution in [-0.2, 0) is 15.7 Å². The van der Waals surface area contributed by atoms with Crippen LogP contribution in [0.5, 0.6) is 0 Å². The molecule has 2 aromatic carbocycles. The molecule has 2 aromatic rings. The minimum absolute atomic E-state index is 0.230. The number of anilines is 1. The maximum absolute atomic E-state index is 12.8. The van der Waals surface area contributed by atoms with Gasteiger partial charge in [0.1, 0.15) is 5.69 Å². The zero-order valence-corrected chi connectivity index (χ0v) is 18.0. The van der Waals surface area contributed by atoms with Gasteiger partial charge in [-0.3, -0.25) is 14.9 Å². The van der Waals surface area contributed by atoms with E-state index in [-0.39, 0.29) is 5.56 Å². The van der Waals surface area contributed by atoms with Crippen LogP contribution in [0.1, 0.15) is 32.5 Å². The number of halogens is 3. The number of carbonyl (C=O) groups excluding carboxylic acids is 2. The first-order valence-corrected chi connectivity index (χ1v) is 11.4. The predicted octanol–water partition coefficient (Wildman–Crippen LogP) is 5.28. The number of thioether (sulfide) groups is 2. The van der Waals surface area contributed by atoms with Crippen LogP contribution < -0.4 is 5.32 Å². The number of rotatable bonds is 6. The Balaban J connectivity index is 1.58. The summed E-state index contributed by atoms with van der Waals surface area (Å²) in [6, 6.07) is 8.53. The molecular weight excluding hydrogens is 469 g/mol. The van der Waals surface area contributed by atoms with Gasteiger partial charge in [-0.1, -0.05) is 12.1 Å². The van der Waals surface area contributed by atoms with E-state index in [1.165, 1.54) is 0 Å². The molecule has 1 fully saturated rings. The number of benzene rings is 2. The second kappa shape index (κ2) is 10.3. The number of hydrogen-bond acceptors (Lipinski definition) is 7. The van der Waals surface area contributed by atoms with Gasteiger partial charge in [0.25, 0.3) is 11.6 Å². The van der Waals surface area contributed by atoms with Crippen LogP contribution in [0.15, 0.2) is 42.5 Å². The molecule has 0 aromatic heterocycles. The largest absolute Gasteiger partial charge is 0.452 e. The van der Waals surface area contributed by atoms with Gasteiger partial charge >= 0.3 is 12.1 Å². The zero-order chi connectivity index (χ0) is 23.3. The van der Waals surface area contributed by atoms with Crippen molar-refractivity contribution < 1.29 is 32.4 Å². The third-order valence-electron chi connectivity index (χ3n) is 4.38. The number of hydrogen-bond donors (Lipinski definition) is 1. The Morgan fingerprint density at radius 1 is 1.12 bits per heavy atom. The van der Waals surface area contributed by atoms with Gasteiger partial charge in [0, 0.05) is 6.07 Å². The van der Waals surface area contributed by atoms with Crippen LogP contribution in [0.3, 0.4) is 0 Å². The number of nitrogens with one attached hydrogen (secondary N) is 1. The lowest BCUT2D eigenvalue weighted by Crippen LogP contribution is -2.21. The fourth-order valence-corrected chi connectivity index (χ4v) is 5.72. The van der Waals surface area contributed by atoms with Crippen molar-refractivity contribution in [3.05, 3.63) is 69.3 Å². The average Bonchev–Trinajstić information content (AvgIpc) is 2.77. The second-order valence-corrected chi connectivity index (χ2v) is 9.38. The van der Waals surface area contributed by atoms with E-state index in [9.17, 15) is 32.9 Å². The Bertz CT molecular complexity index is 1010. The van der Waals surface area contributed by atoms with Crippen molar-refractivity contribution in [3.63, 3.8) is 0 Å². The summed E-state index contributed by atoms with van der Waals surface area (Å²) < 4.78 is 43.5. The molecule has 1 aliphatic heterocycles. The molecule has 1 amide bonds. The van der Waals surface area contributed by atoms with E-state index < -0.39 is 46.5 Å². The van der Waals surface area contributed by atoms with Gasteiger partial charge in [0.15, 0.2) is 6.61 Å². The van der Waals surface area contributed by atoms with Crippen molar-refractivity contribution in [3.8, 4) is 0 Å². The minimum atomic E-state index is -4.77. The molecule has 0 atom stereocenters. The van der Waals surface area contributed by atoms with Crippen molar-refractivity contribution in [1.82, 2.24) is 0 Å². The fraction of sp³-hybridized carbons (Fsp3) is 0.300. The van der Waals surface area contributed by atoms with Crippen molar-refractivity contribution in [1.29, 1.82) is 0 Å². The van der Waals surface area contributed by atoms with E-state index in [0.29, 0.717) is 16.7 Å². The molecule has 7 nitrogen and oxygen atoms in total. The number of nitrogens with zero attached hydrogens (tertiary/aromatic N) is 1. The number of nitro groups is 1. The standard InChI is InChI=1S/C20H17F3N2O5S2/c21-20(22,23)14-6-7-15(16(10-14)25(28)29)24-17(26)11-30-18(27)12-2-4-13(5-3-12)19-31-8-1-9-32-19/h2-7,10,19H,1,8-9,11H2,(H,24,26). The normalized spacial score (nSPS) is 14.6. The highest BCUT2D eigenvalue weighted by atomic mass is 32.2. The molecule has 0 unspecified atom stereocenters. The van der Waals surface area contributed by atoms with Crippen LogP contribution in [0, 0.1) is 10.1 Å². The van der Waals surface area contributed by atoms with E-state index >= 15 is 0 Å². The fourth-order valence-electron chi connectivity index (χ4n) is 2.82. The summed E-state index contributed by atoms with van der Waals surface area (Å²) in [5.74, 6) is 0.465. The molecule has 0 saturated carbocycles. The predicted molar refractivity (Wildman–Crippen MR) is 116 cm³/mol. The molecule has 1 heterocycles. The van der Waals surface area contributed by atoms with E-state index in [2.05, 4.69) is 5.32 Å². The van der Waals surface area contributed by atoms with Gasteiger partial charge < -0.3 is 10.1 Å². The summed E-state index contributed by atoms with van der Waals surface area (Å²) >= 11 is 3.67. The van der Waals surface area contributed by atoms with Crippen molar-refractivity contribution in [2.24, 2.45) is 0 Å². The molecule has 1 saturated heterocycles. The number of esters is 1. The third kappa shape index (κ3) is 6.16. The molecular formula is C20H17F3N2O5S2. The average molecular weight is 486 g/mol. The lowest BCUT2D eigenvalue weighted by atomic mass is 10.1. The monoisotopic (exact) mass is 486 g/mol. The van der Waals surface area contributed by atoms with E-state index in [4.69, 9.17) is 4.74 Å². The summed E-state index contributed by atoms with van der Waals surface area (Å²) in [5.41, 5.74) is -1.27. The summed E-state index contributed by atoms with van der Waals surface area (Å²) in [7, 11) is 0. The summed E-state index contributed by atoms with van der Waals surface area (Å²) in [5, 5.41) is 13.2. The number of carbonyl (C=O) groups is 2. The lowest BCUT2D eigenvalue weighted by molar-refractivity contribution is -0.384. The summed E-state index contributed by atoms with van der Waals surface area (Å²) in [6.07, 6.45) is -3.61. The SMILES string of the molecule is O=C(COC(=O)c1ccc(C2SCCCS2)cc1)Nc1ccc(C(F)(F)F)cc1[N+](=O)[O-]. The molecule has 12 heteroatoms. The van der Waals surface area contributed by atoms with Crippen LogP contribution >= 0.6 is 23.5 Å². The molecule has 1 aliphatic rings. The highest BCUT2D eigenvalue weighted by Crippen LogP contribution is 2.43. The molecule has 0 radical (unpaired) electrons. The summed E-state index contributed by atoms with van der Waals surface area (Å²) in [4.78, 5) is 34.2. The maximum atomic E-state index is 12.8. The first-order chi connectivity index (χ1) is 15.1. The highest BCUT2D eigenvalue weighted by Gasteiger charge is 2.33. The van der Waals surface area contributed by atoms with Gasteiger partial charge in [-0.15, -0.1) is 23.5 Å².